The van der Waals surface area contributed by atoms with Crippen LogP contribution in [0.1, 0.15) is 155 Å². The summed E-state index contributed by atoms with van der Waals surface area (Å²) in [5, 5.41) is 34.1. The highest BCUT2D eigenvalue weighted by molar-refractivity contribution is 5.67. The Labute approximate surface area is 305 Å². The van der Waals surface area contributed by atoms with Gasteiger partial charge in [-0.15, -0.1) is 0 Å². The molecule has 4 saturated carbocycles. The Morgan fingerprint density at radius 1 is 0.840 bits per heavy atom. The van der Waals surface area contributed by atoms with E-state index in [-0.39, 0.29) is 41.2 Å². The first-order chi connectivity index (χ1) is 24.1. The second-order valence-electron chi connectivity index (χ2n) is 17.9. The molecule has 5 rings (SSSR count). The number of fused-ring (bicyclic) bond motifs is 5. The minimum atomic E-state index is -0.362. The molecule has 50 heavy (non-hydrogen) atoms. The third-order valence-electron chi connectivity index (χ3n) is 14.9. The molecule has 11 atom stereocenters. The predicted molar refractivity (Wildman–Crippen MR) is 202 cm³/mol. The minimum Gasteiger partial charge on any atom is -0.445 e. The van der Waals surface area contributed by atoms with Gasteiger partial charge < -0.3 is 25.0 Å². The second kappa shape index (κ2) is 18.4. The number of rotatable bonds is 18. The molecular weight excluding hydrogens is 622 g/mol. The van der Waals surface area contributed by atoms with E-state index in [1.165, 1.54) is 51.4 Å². The zero-order chi connectivity index (χ0) is 35.7. The fourth-order valence-electron chi connectivity index (χ4n) is 11.8. The van der Waals surface area contributed by atoms with E-state index in [0.29, 0.717) is 42.7 Å². The molecule has 0 bridgehead atoms. The van der Waals surface area contributed by atoms with Gasteiger partial charge in [-0.1, -0.05) is 116 Å². The van der Waals surface area contributed by atoms with E-state index in [1.807, 2.05) is 35.2 Å². The molecule has 1 aromatic carbocycles. The van der Waals surface area contributed by atoms with E-state index >= 15 is 0 Å². The van der Waals surface area contributed by atoms with Crippen molar-refractivity contribution in [3.63, 3.8) is 0 Å². The summed E-state index contributed by atoms with van der Waals surface area (Å²) in [5.41, 5.74) is 0.921. The zero-order valence-corrected chi connectivity index (χ0v) is 32.2. The molecule has 1 aromatic rings. The van der Waals surface area contributed by atoms with E-state index in [0.717, 1.165) is 82.7 Å². The molecule has 1 amide bonds. The van der Waals surface area contributed by atoms with Crippen LogP contribution in [-0.4, -0.2) is 57.7 Å². The van der Waals surface area contributed by atoms with Gasteiger partial charge in [0.05, 0.1) is 18.3 Å². The first kappa shape index (κ1) is 39.6. The van der Waals surface area contributed by atoms with Crippen molar-refractivity contribution in [3.8, 4) is 0 Å². The molecule has 0 aromatic heterocycles. The van der Waals surface area contributed by atoms with Crippen molar-refractivity contribution in [1.29, 1.82) is 0 Å². The van der Waals surface area contributed by atoms with Crippen LogP contribution in [0, 0.1) is 46.3 Å². The maximum atomic E-state index is 13.4. The van der Waals surface area contributed by atoms with Crippen molar-refractivity contribution < 1.29 is 24.9 Å². The summed E-state index contributed by atoms with van der Waals surface area (Å²) in [4.78, 5) is 15.3. The molecule has 4 fully saturated rings. The summed E-state index contributed by atoms with van der Waals surface area (Å²) < 4.78 is 5.82. The van der Waals surface area contributed by atoms with Gasteiger partial charge in [-0.05, 0) is 116 Å². The minimum absolute atomic E-state index is 0.0992. The van der Waals surface area contributed by atoms with E-state index < -0.39 is 0 Å². The molecule has 0 saturated heterocycles. The Kier molecular flexibility index (Phi) is 14.6. The van der Waals surface area contributed by atoms with Crippen LogP contribution in [0.25, 0.3) is 0 Å². The fraction of sp³-hybridized carbons (Fsp3) is 0.841. The van der Waals surface area contributed by atoms with Crippen LogP contribution in [0.5, 0.6) is 0 Å². The highest BCUT2D eigenvalue weighted by atomic mass is 16.6. The third kappa shape index (κ3) is 9.11. The van der Waals surface area contributed by atoms with Crippen LogP contribution in [0.4, 0.5) is 4.79 Å². The van der Waals surface area contributed by atoms with Gasteiger partial charge in [0.2, 0.25) is 0 Å². The first-order valence-electron chi connectivity index (χ1n) is 21.1. The lowest BCUT2D eigenvalue weighted by atomic mass is 9.43. The lowest BCUT2D eigenvalue weighted by molar-refractivity contribution is -0.207. The van der Waals surface area contributed by atoms with E-state index in [1.54, 1.807) is 0 Å². The monoisotopic (exact) mass is 696 g/mol. The summed E-state index contributed by atoms with van der Waals surface area (Å²) >= 11 is 0. The smallest absolute Gasteiger partial charge is 0.410 e. The topological polar surface area (TPSA) is 90.2 Å². The number of benzene rings is 1. The Bertz CT molecular complexity index is 1160. The van der Waals surface area contributed by atoms with Gasteiger partial charge in [0.1, 0.15) is 6.61 Å². The number of hydrogen-bond acceptors (Lipinski definition) is 5. The summed E-state index contributed by atoms with van der Waals surface area (Å²) in [6.45, 7) is 11.1. The third-order valence-corrected chi connectivity index (χ3v) is 14.9. The molecule has 3 N–H and O–H groups in total. The van der Waals surface area contributed by atoms with Crippen LogP contribution in [-0.2, 0) is 11.3 Å². The number of nitrogens with zero attached hydrogens (tertiary/aromatic N) is 1. The van der Waals surface area contributed by atoms with Gasteiger partial charge in [0.15, 0.2) is 0 Å². The molecule has 3 unspecified atom stereocenters. The van der Waals surface area contributed by atoms with Crippen LogP contribution < -0.4 is 0 Å². The maximum Gasteiger partial charge on any atom is 0.410 e. The highest BCUT2D eigenvalue weighted by Gasteiger charge is 2.65. The van der Waals surface area contributed by atoms with Gasteiger partial charge in [0.25, 0.3) is 0 Å². The van der Waals surface area contributed by atoms with Crippen LogP contribution in [0.2, 0.25) is 0 Å². The summed E-state index contributed by atoms with van der Waals surface area (Å²) in [5.74, 6) is 2.10. The van der Waals surface area contributed by atoms with E-state index in [4.69, 9.17) is 4.74 Å². The number of amides is 1. The van der Waals surface area contributed by atoms with Crippen molar-refractivity contribution in [1.82, 2.24) is 4.90 Å². The summed E-state index contributed by atoms with van der Waals surface area (Å²) in [7, 11) is 0. The van der Waals surface area contributed by atoms with Crippen molar-refractivity contribution in [2.24, 2.45) is 46.3 Å². The number of ether oxygens (including phenoxy) is 1. The average Bonchev–Trinajstić information content (AvgIpc) is 3.47. The number of carbonyl (C=O) groups is 1. The van der Waals surface area contributed by atoms with Gasteiger partial charge in [-0.2, -0.15) is 0 Å². The predicted octanol–water partition coefficient (Wildman–Crippen LogP) is 9.92. The molecule has 284 valence electrons. The number of aliphatic hydroxyl groups is 3. The number of carbonyl (C=O) groups excluding carboxylic acids is 1. The molecule has 6 nitrogen and oxygen atoms in total. The molecule has 0 heterocycles. The van der Waals surface area contributed by atoms with Crippen molar-refractivity contribution >= 4 is 6.09 Å². The fourth-order valence-corrected chi connectivity index (χ4v) is 11.8. The average molecular weight is 696 g/mol. The SMILES string of the molecule is CCCCCCCCCCCCN(CCCC(C)[C@H]1CC[C@H]2C3[C@H](O)CC4C[C@H](O)CC[C@]4(C)[C@H]3C[C@H](O)[C@]12C)C(=O)OCc1ccccc1. The summed E-state index contributed by atoms with van der Waals surface area (Å²) in [6.07, 6.45) is 20.0. The number of aliphatic hydroxyl groups excluding tert-OH is 3. The highest BCUT2D eigenvalue weighted by Crippen LogP contribution is 2.68. The van der Waals surface area contributed by atoms with Gasteiger partial charge in [-0.3, -0.25) is 0 Å². The Morgan fingerprint density at radius 2 is 1.50 bits per heavy atom. The Hall–Kier alpha value is -1.63. The van der Waals surface area contributed by atoms with E-state index in [9.17, 15) is 20.1 Å². The lowest BCUT2D eigenvalue weighted by Gasteiger charge is -2.63. The van der Waals surface area contributed by atoms with Crippen molar-refractivity contribution in [2.75, 3.05) is 13.1 Å². The van der Waals surface area contributed by atoms with Crippen LogP contribution in [0.15, 0.2) is 30.3 Å². The zero-order valence-electron chi connectivity index (χ0n) is 32.2. The largest absolute Gasteiger partial charge is 0.445 e. The molecule has 4 aliphatic rings. The Balaban J connectivity index is 1.14. The van der Waals surface area contributed by atoms with Crippen molar-refractivity contribution in [2.45, 2.75) is 175 Å². The Morgan fingerprint density at radius 3 is 2.20 bits per heavy atom. The molecule has 0 radical (unpaired) electrons. The number of unbranched alkanes of at least 4 members (excludes halogenated alkanes) is 9. The van der Waals surface area contributed by atoms with Gasteiger partial charge in [0, 0.05) is 13.1 Å². The standard InChI is InChI=1S/C44H73NO5/c1-5-6-7-8-9-10-11-12-13-17-26-45(42(49)50-31-33-20-15-14-16-21-33)27-18-19-32(2)36-22-23-37-41-38(30-40(48)44(36,37)4)43(3)25-24-35(46)28-34(43)29-39(41)47/h14-16,20-21,32,34-41,46-48H,5-13,17-19,22-31H2,1-4H3/t32?,34?,35-,36-,37+,38+,39-,40+,41?,43+,44-/m1/s1. The molecule has 4 aliphatic carbocycles. The van der Waals surface area contributed by atoms with Crippen LogP contribution in [0.3, 0.4) is 0 Å². The molecular formula is C44H73NO5. The van der Waals surface area contributed by atoms with Gasteiger partial charge in [-0.25, -0.2) is 4.79 Å². The lowest BCUT2D eigenvalue weighted by Crippen LogP contribution is -2.62. The van der Waals surface area contributed by atoms with Crippen molar-refractivity contribution in [3.05, 3.63) is 35.9 Å². The molecule has 0 spiro atoms. The summed E-state index contributed by atoms with van der Waals surface area (Å²) in [6, 6.07) is 9.96. The van der Waals surface area contributed by atoms with E-state index in [2.05, 4.69) is 27.7 Å². The number of hydrogen-bond donors (Lipinski definition) is 3. The molecule has 6 heteroatoms. The first-order valence-corrected chi connectivity index (χ1v) is 21.1. The second-order valence-corrected chi connectivity index (χ2v) is 17.9. The maximum absolute atomic E-state index is 13.4. The normalized spacial score (nSPS) is 35.5. The molecule has 0 aliphatic heterocycles. The van der Waals surface area contributed by atoms with Crippen LogP contribution >= 0.6 is 0 Å². The quantitative estimate of drug-likeness (QED) is 0.133. The van der Waals surface area contributed by atoms with Gasteiger partial charge >= 0.3 is 6.09 Å².